The second-order valence-electron chi connectivity index (χ2n) is 8.30. The number of aromatic nitrogens is 5. The molecule has 34 heavy (non-hydrogen) atoms. The molecule has 6 N–H and O–H groups in total. The van der Waals surface area contributed by atoms with Crippen molar-refractivity contribution in [3.8, 4) is 5.82 Å². The summed E-state index contributed by atoms with van der Waals surface area (Å²) in [5, 5.41) is 15.2. The summed E-state index contributed by atoms with van der Waals surface area (Å²) in [5.41, 5.74) is 13.0. The van der Waals surface area contributed by atoms with Crippen molar-refractivity contribution in [1.29, 1.82) is 0 Å². The van der Waals surface area contributed by atoms with Crippen LogP contribution < -0.4 is 22.1 Å². The van der Waals surface area contributed by atoms with Crippen LogP contribution >= 0.6 is 0 Å². The monoisotopic (exact) mass is 461 g/mol. The Kier molecular flexibility index (Phi) is 5.76. The van der Waals surface area contributed by atoms with E-state index in [1.54, 1.807) is 24.5 Å². The Morgan fingerprint density at radius 3 is 2.59 bits per heavy atom. The lowest BCUT2D eigenvalue weighted by Crippen LogP contribution is -2.43. The number of amides is 1. The molecule has 1 aromatic carbocycles. The van der Waals surface area contributed by atoms with Crippen LogP contribution in [0.2, 0.25) is 0 Å². The molecule has 174 valence electrons. The molecule has 3 aromatic heterocycles. The van der Waals surface area contributed by atoms with Gasteiger partial charge in [-0.05, 0) is 49.2 Å². The molecule has 3 heterocycles. The van der Waals surface area contributed by atoms with Crippen molar-refractivity contribution in [2.75, 3.05) is 10.6 Å². The van der Waals surface area contributed by atoms with Crippen molar-refractivity contribution in [1.82, 2.24) is 25.0 Å². The average Bonchev–Trinajstić information content (AvgIpc) is 3.37. The van der Waals surface area contributed by atoms with E-state index in [1.165, 1.54) is 4.80 Å². The SMILES string of the molecule is NC(=O)c1cc(F)c(NC2CCCCC2N)nc1Nc1ccc2nc(-n3nccn3)ccc2c1. The summed E-state index contributed by atoms with van der Waals surface area (Å²) >= 11 is 0. The Labute approximate surface area is 194 Å². The lowest BCUT2D eigenvalue weighted by molar-refractivity contribution is 0.100. The fourth-order valence-corrected chi connectivity index (χ4v) is 4.16. The largest absolute Gasteiger partial charge is 0.365 e. The number of fused-ring (bicyclic) bond motifs is 1. The first-order valence-electron chi connectivity index (χ1n) is 11.0. The van der Waals surface area contributed by atoms with E-state index in [1.807, 2.05) is 18.2 Å². The molecule has 4 aromatic rings. The summed E-state index contributed by atoms with van der Waals surface area (Å²) < 4.78 is 14.8. The second kappa shape index (κ2) is 9.02. The number of halogens is 1. The lowest BCUT2D eigenvalue weighted by atomic mass is 9.91. The van der Waals surface area contributed by atoms with Crippen LogP contribution in [0, 0.1) is 5.82 Å². The minimum absolute atomic E-state index is 0.0358. The molecule has 1 aliphatic carbocycles. The molecule has 11 heteroatoms. The predicted molar refractivity (Wildman–Crippen MR) is 127 cm³/mol. The number of carbonyl (C=O) groups excluding carboxylic acids is 1. The van der Waals surface area contributed by atoms with E-state index >= 15 is 0 Å². The van der Waals surface area contributed by atoms with Gasteiger partial charge in [-0.3, -0.25) is 4.79 Å². The minimum atomic E-state index is -0.784. The summed E-state index contributed by atoms with van der Waals surface area (Å²) in [4.78, 5) is 22.3. The van der Waals surface area contributed by atoms with Gasteiger partial charge in [-0.2, -0.15) is 10.2 Å². The van der Waals surface area contributed by atoms with Crippen molar-refractivity contribution in [2.45, 2.75) is 37.8 Å². The number of pyridine rings is 2. The first-order chi connectivity index (χ1) is 16.5. The highest BCUT2D eigenvalue weighted by atomic mass is 19.1. The van der Waals surface area contributed by atoms with E-state index in [0.717, 1.165) is 42.7 Å². The third kappa shape index (κ3) is 4.37. The Balaban J connectivity index is 1.45. The molecule has 1 aliphatic rings. The number of hydrogen-bond donors (Lipinski definition) is 4. The zero-order chi connectivity index (χ0) is 23.7. The van der Waals surface area contributed by atoms with Crippen LogP contribution in [-0.2, 0) is 0 Å². The second-order valence-corrected chi connectivity index (χ2v) is 8.30. The Bertz CT molecular complexity index is 1340. The smallest absolute Gasteiger partial charge is 0.252 e. The molecule has 10 nitrogen and oxygen atoms in total. The Hall–Kier alpha value is -4.12. The van der Waals surface area contributed by atoms with Gasteiger partial charge in [0, 0.05) is 23.2 Å². The van der Waals surface area contributed by atoms with Gasteiger partial charge in [-0.15, -0.1) is 4.80 Å². The number of nitrogens with one attached hydrogen (secondary N) is 2. The number of benzene rings is 1. The van der Waals surface area contributed by atoms with Crippen LogP contribution in [0.1, 0.15) is 36.0 Å². The van der Waals surface area contributed by atoms with Crippen molar-refractivity contribution >= 4 is 34.1 Å². The molecule has 0 radical (unpaired) electrons. The summed E-state index contributed by atoms with van der Waals surface area (Å²) in [5.74, 6) is -0.654. The zero-order valence-corrected chi connectivity index (χ0v) is 18.3. The van der Waals surface area contributed by atoms with Gasteiger partial charge in [0.25, 0.3) is 5.91 Å². The van der Waals surface area contributed by atoms with E-state index in [2.05, 4.69) is 30.8 Å². The highest BCUT2D eigenvalue weighted by Crippen LogP contribution is 2.28. The van der Waals surface area contributed by atoms with Crippen LogP contribution in [0.5, 0.6) is 0 Å². The highest BCUT2D eigenvalue weighted by Gasteiger charge is 2.24. The normalized spacial score (nSPS) is 18.1. The van der Waals surface area contributed by atoms with Gasteiger partial charge in [0.2, 0.25) is 0 Å². The van der Waals surface area contributed by atoms with Crippen LogP contribution in [-0.4, -0.2) is 43.0 Å². The quantitative estimate of drug-likeness (QED) is 0.342. The van der Waals surface area contributed by atoms with E-state index in [4.69, 9.17) is 11.5 Å². The first-order valence-corrected chi connectivity index (χ1v) is 11.0. The maximum absolute atomic E-state index is 14.8. The van der Waals surface area contributed by atoms with Gasteiger partial charge < -0.3 is 22.1 Å². The van der Waals surface area contributed by atoms with Crippen LogP contribution in [0.25, 0.3) is 16.7 Å². The molecule has 0 spiro atoms. The molecular formula is C23H24FN9O. The predicted octanol–water partition coefficient (Wildman–Crippen LogP) is 2.87. The molecule has 1 fully saturated rings. The average molecular weight is 462 g/mol. The number of hydrogen-bond acceptors (Lipinski definition) is 8. The molecule has 0 saturated heterocycles. The Morgan fingerprint density at radius 1 is 1.03 bits per heavy atom. The highest BCUT2D eigenvalue weighted by molar-refractivity contribution is 5.99. The van der Waals surface area contributed by atoms with Crippen LogP contribution in [0.15, 0.2) is 48.8 Å². The van der Waals surface area contributed by atoms with Gasteiger partial charge in [-0.25, -0.2) is 14.4 Å². The van der Waals surface area contributed by atoms with Crippen molar-refractivity contribution in [3.05, 3.63) is 60.2 Å². The summed E-state index contributed by atoms with van der Waals surface area (Å²) in [6.45, 7) is 0. The van der Waals surface area contributed by atoms with Gasteiger partial charge >= 0.3 is 0 Å². The molecule has 5 rings (SSSR count). The molecule has 2 unspecified atom stereocenters. The number of rotatable bonds is 6. The van der Waals surface area contributed by atoms with Crippen LogP contribution in [0.4, 0.5) is 21.7 Å². The topological polar surface area (TPSA) is 150 Å². The number of carbonyl (C=O) groups is 1. The van der Waals surface area contributed by atoms with Crippen molar-refractivity contribution in [3.63, 3.8) is 0 Å². The van der Waals surface area contributed by atoms with Gasteiger partial charge in [0.05, 0.1) is 23.5 Å². The summed E-state index contributed by atoms with van der Waals surface area (Å²) in [6, 6.07) is 10.1. The fourth-order valence-electron chi connectivity index (χ4n) is 4.16. The number of nitrogens with zero attached hydrogens (tertiary/aromatic N) is 5. The maximum Gasteiger partial charge on any atom is 0.252 e. The van der Waals surface area contributed by atoms with Crippen LogP contribution in [0.3, 0.4) is 0 Å². The third-order valence-corrected chi connectivity index (χ3v) is 5.94. The number of anilines is 3. The third-order valence-electron chi connectivity index (χ3n) is 5.94. The summed E-state index contributed by atoms with van der Waals surface area (Å²) in [7, 11) is 0. The van der Waals surface area contributed by atoms with Crippen molar-refractivity contribution < 1.29 is 9.18 Å². The molecule has 2 atom stereocenters. The van der Waals surface area contributed by atoms with Gasteiger partial charge in [-0.1, -0.05) is 12.8 Å². The maximum atomic E-state index is 14.8. The summed E-state index contributed by atoms with van der Waals surface area (Å²) in [6.07, 6.45) is 6.93. The fraction of sp³-hybridized carbons (Fsp3) is 0.261. The van der Waals surface area contributed by atoms with Gasteiger partial charge in [0.15, 0.2) is 17.5 Å². The number of nitrogens with two attached hydrogens (primary N) is 2. The molecule has 0 bridgehead atoms. The van der Waals surface area contributed by atoms with Crippen molar-refractivity contribution in [2.24, 2.45) is 11.5 Å². The molecule has 0 aliphatic heterocycles. The molecular weight excluding hydrogens is 437 g/mol. The lowest BCUT2D eigenvalue weighted by Gasteiger charge is -2.30. The van der Waals surface area contributed by atoms with E-state index in [-0.39, 0.29) is 29.3 Å². The van der Waals surface area contributed by atoms with E-state index in [9.17, 15) is 9.18 Å². The van der Waals surface area contributed by atoms with E-state index < -0.39 is 11.7 Å². The Morgan fingerprint density at radius 2 is 1.82 bits per heavy atom. The molecule has 1 saturated carbocycles. The molecule has 1 amide bonds. The van der Waals surface area contributed by atoms with Gasteiger partial charge in [0.1, 0.15) is 5.82 Å². The standard InChI is InChI=1S/C23H24FN9O/c24-16-12-15(21(26)34)22(32-23(16)31-19-4-2-1-3-17(19)25)29-14-6-7-18-13(11-14)5-8-20(30-18)33-27-9-10-28-33/h5-12,17,19H,1-4,25H2,(H2,26,34)(H2,29,31,32). The first kappa shape index (κ1) is 21.7. The zero-order valence-electron chi connectivity index (χ0n) is 18.3. The number of primary amides is 1. The minimum Gasteiger partial charge on any atom is -0.365 e. The van der Waals surface area contributed by atoms with E-state index in [0.29, 0.717) is 11.5 Å².